The van der Waals surface area contributed by atoms with E-state index in [1.807, 2.05) is 66.7 Å². The maximum Gasteiger partial charge on any atom is 0.339 e. The summed E-state index contributed by atoms with van der Waals surface area (Å²) in [5.74, 6) is -0.364. The Hall–Kier alpha value is -3.57. The van der Waals surface area contributed by atoms with Crippen molar-refractivity contribution in [3.05, 3.63) is 84.9 Å². The normalized spacial score (nSPS) is 11.3. The zero-order valence-corrected chi connectivity index (χ0v) is 16.9. The van der Waals surface area contributed by atoms with Gasteiger partial charge in [-0.05, 0) is 29.3 Å². The van der Waals surface area contributed by atoms with Crippen LogP contribution in [0.25, 0.3) is 44.0 Å². The third kappa shape index (κ3) is 2.95. The number of pyridine rings is 1. The minimum atomic E-state index is -0.976. The summed E-state index contributed by atoms with van der Waals surface area (Å²) in [7, 11) is 0. The molecule has 0 radical (unpaired) electrons. The summed E-state index contributed by atoms with van der Waals surface area (Å²) in [6, 6.07) is 21.8. The molecule has 0 spiro atoms. The maximum absolute atomic E-state index is 12.4. The number of hydrogen-bond acceptors (Lipinski definition) is 3. The third-order valence-electron chi connectivity index (χ3n) is 5.16. The van der Waals surface area contributed by atoms with Crippen molar-refractivity contribution < 1.29 is 9.90 Å². The molecule has 0 saturated heterocycles. The maximum atomic E-state index is 12.4. The van der Waals surface area contributed by atoms with Crippen LogP contribution in [0.1, 0.15) is 10.4 Å². The second-order valence-corrected chi connectivity index (χ2v) is 8.06. The van der Waals surface area contributed by atoms with Gasteiger partial charge in [-0.25, -0.2) is 9.78 Å². The Labute approximate surface area is 177 Å². The highest BCUT2D eigenvalue weighted by Crippen LogP contribution is 2.40. The predicted octanol–water partition coefficient (Wildman–Crippen LogP) is 6.51. The second kappa shape index (κ2) is 7.35. The molecule has 5 aromatic rings. The molecule has 2 N–H and O–H groups in total. The van der Waals surface area contributed by atoms with Crippen molar-refractivity contribution in [2.24, 2.45) is 0 Å². The van der Waals surface area contributed by atoms with Crippen LogP contribution in [0.2, 0.25) is 0 Å². The Bertz CT molecular complexity index is 1440. The molecule has 2 aromatic heterocycles. The van der Waals surface area contributed by atoms with Gasteiger partial charge < -0.3 is 10.1 Å². The van der Waals surface area contributed by atoms with Crippen molar-refractivity contribution in [2.45, 2.75) is 4.90 Å². The van der Waals surface area contributed by atoms with Crippen LogP contribution in [0.15, 0.2) is 84.3 Å². The Morgan fingerprint density at radius 2 is 1.80 bits per heavy atom. The molecule has 0 aliphatic heterocycles. The number of carboxylic acids is 1. The summed E-state index contributed by atoms with van der Waals surface area (Å²) in [6.45, 7) is 3.80. The number of aromatic amines is 1. The summed E-state index contributed by atoms with van der Waals surface area (Å²) < 4.78 is 0. The Morgan fingerprint density at radius 3 is 2.57 bits per heavy atom. The molecule has 30 heavy (non-hydrogen) atoms. The highest BCUT2D eigenvalue weighted by Gasteiger charge is 2.22. The lowest BCUT2D eigenvalue weighted by Crippen LogP contribution is -2.04. The van der Waals surface area contributed by atoms with Crippen LogP contribution < -0.4 is 0 Å². The monoisotopic (exact) mass is 410 g/mol. The quantitative estimate of drug-likeness (QED) is 0.256. The number of aromatic carboxylic acids is 1. The third-order valence-corrected chi connectivity index (χ3v) is 6.27. The molecule has 0 unspecified atom stereocenters. The molecule has 0 aliphatic rings. The van der Waals surface area contributed by atoms with E-state index in [-0.39, 0.29) is 5.56 Å². The molecule has 0 saturated carbocycles. The number of para-hydroxylation sites is 1. The fraction of sp³-hybridized carbons (Fsp3) is 0.0400. The topological polar surface area (TPSA) is 66.0 Å². The minimum Gasteiger partial charge on any atom is -0.478 e. The van der Waals surface area contributed by atoms with E-state index in [1.165, 1.54) is 11.8 Å². The van der Waals surface area contributed by atoms with Crippen molar-refractivity contribution in [1.29, 1.82) is 0 Å². The summed E-state index contributed by atoms with van der Waals surface area (Å²) in [6.07, 6.45) is 1.78. The van der Waals surface area contributed by atoms with Crippen LogP contribution in [0.4, 0.5) is 0 Å². The van der Waals surface area contributed by atoms with Gasteiger partial charge in [-0.2, -0.15) is 0 Å². The number of carbonyl (C=O) groups is 1. The molecule has 0 fully saturated rings. The number of hydrogen-bond donors (Lipinski definition) is 2. The smallest absolute Gasteiger partial charge is 0.339 e. The number of fused-ring (bicyclic) bond motifs is 4. The van der Waals surface area contributed by atoms with E-state index in [4.69, 9.17) is 4.98 Å². The zero-order valence-electron chi connectivity index (χ0n) is 16.1. The van der Waals surface area contributed by atoms with Gasteiger partial charge in [-0.3, -0.25) is 0 Å². The van der Waals surface area contributed by atoms with Crippen molar-refractivity contribution in [2.75, 3.05) is 5.75 Å². The number of rotatable bonds is 5. The van der Waals surface area contributed by atoms with Gasteiger partial charge in [0, 0.05) is 26.9 Å². The molecule has 4 nitrogen and oxygen atoms in total. The van der Waals surface area contributed by atoms with E-state index in [9.17, 15) is 9.90 Å². The van der Waals surface area contributed by atoms with Gasteiger partial charge in [0.15, 0.2) is 0 Å². The molecule has 3 aromatic carbocycles. The van der Waals surface area contributed by atoms with E-state index >= 15 is 0 Å². The first kappa shape index (κ1) is 18.5. The zero-order chi connectivity index (χ0) is 20.7. The number of thioether (sulfide) groups is 1. The number of nitrogens with zero attached hydrogens (tertiary/aromatic N) is 1. The fourth-order valence-corrected chi connectivity index (χ4v) is 4.81. The van der Waals surface area contributed by atoms with Gasteiger partial charge in [-0.15, -0.1) is 18.3 Å². The highest BCUT2D eigenvalue weighted by molar-refractivity contribution is 7.99. The lowest BCUT2D eigenvalue weighted by Gasteiger charge is -2.15. The fourth-order valence-electron chi connectivity index (χ4n) is 3.87. The molecule has 0 atom stereocenters. The average molecular weight is 410 g/mol. The lowest BCUT2D eigenvalue weighted by molar-refractivity contribution is 0.0695. The van der Waals surface area contributed by atoms with Gasteiger partial charge in [0.1, 0.15) is 0 Å². The molecular weight excluding hydrogens is 392 g/mol. The minimum absolute atomic E-state index is 0.241. The van der Waals surface area contributed by atoms with Crippen LogP contribution in [0.3, 0.4) is 0 Å². The average Bonchev–Trinajstić information content (AvgIpc) is 3.13. The van der Waals surface area contributed by atoms with Gasteiger partial charge in [0.25, 0.3) is 0 Å². The van der Waals surface area contributed by atoms with E-state index in [0.29, 0.717) is 16.2 Å². The summed E-state index contributed by atoms with van der Waals surface area (Å²) >= 11 is 1.48. The first-order valence-electron chi connectivity index (χ1n) is 9.58. The SMILES string of the molecule is C=CCSc1c(-c2ccccc2)cc2cc3[nH]c4ccccc4c3nc2c1C(=O)O. The van der Waals surface area contributed by atoms with Crippen molar-refractivity contribution in [3.8, 4) is 11.1 Å². The summed E-state index contributed by atoms with van der Waals surface area (Å²) in [5, 5.41) is 12.0. The molecular formula is C25H18N2O2S. The Kier molecular flexibility index (Phi) is 4.52. The van der Waals surface area contributed by atoms with Crippen LogP contribution >= 0.6 is 11.8 Å². The molecule has 2 heterocycles. The van der Waals surface area contributed by atoms with Crippen LogP contribution in [-0.2, 0) is 0 Å². The Morgan fingerprint density at radius 1 is 1.03 bits per heavy atom. The van der Waals surface area contributed by atoms with Crippen molar-refractivity contribution >= 4 is 50.6 Å². The van der Waals surface area contributed by atoms with Gasteiger partial charge in [0.2, 0.25) is 0 Å². The summed E-state index contributed by atoms with van der Waals surface area (Å²) in [5.41, 5.74) is 5.28. The number of H-pyrrole nitrogens is 1. The van der Waals surface area contributed by atoms with Crippen LogP contribution in [0, 0.1) is 0 Å². The first-order valence-corrected chi connectivity index (χ1v) is 10.6. The lowest BCUT2D eigenvalue weighted by atomic mass is 9.98. The second-order valence-electron chi connectivity index (χ2n) is 7.03. The van der Waals surface area contributed by atoms with E-state index in [2.05, 4.69) is 11.6 Å². The molecule has 0 amide bonds. The largest absolute Gasteiger partial charge is 0.478 e. The molecule has 5 heteroatoms. The van der Waals surface area contributed by atoms with Crippen molar-refractivity contribution in [1.82, 2.24) is 9.97 Å². The van der Waals surface area contributed by atoms with E-state index in [0.717, 1.165) is 38.4 Å². The number of carboxylic acid groups (broad SMARTS) is 1. The molecule has 0 aliphatic carbocycles. The first-order chi connectivity index (χ1) is 14.7. The summed E-state index contributed by atoms with van der Waals surface area (Å²) in [4.78, 5) is 21.4. The number of benzene rings is 3. The standard InChI is InChI=1S/C25H18N2O2S/c1-2-12-30-24-18(15-8-4-3-5-9-15)13-16-14-20-23(27-22(16)21(24)25(28)29)17-10-6-7-11-19(17)26-20/h2-11,13-14,26H,1,12H2,(H,28,29). The molecule has 0 bridgehead atoms. The predicted molar refractivity (Wildman–Crippen MR) is 124 cm³/mol. The van der Waals surface area contributed by atoms with Crippen LogP contribution in [0.5, 0.6) is 0 Å². The Balaban J connectivity index is 1.92. The molecule has 146 valence electrons. The molecule has 5 rings (SSSR count). The van der Waals surface area contributed by atoms with Gasteiger partial charge in [-0.1, -0.05) is 54.6 Å². The highest BCUT2D eigenvalue weighted by atomic mass is 32.2. The number of aromatic nitrogens is 2. The van der Waals surface area contributed by atoms with E-state index < -0.39 is 5.97 Å². The van der Waals surface area contributed by atoms with Gasteiger partial charge in [0.05, 0.1) is 22.1 Å². The van der Waals surface area contributed by atoms with Gasteiger partial charge >= 0.3 is 5.97 Å². The van der Waals surface area contributed by atoms with E-state index in [1.54, 1.807) is 6.08 Å². The van der Waals surface area contributed by atoms with Crippen molar-refractivity contribution in [3.63, 3.8) is 0 Å². The van der Waals surface area contributed by atoms with Crippen LogP contribution in [-0.4, -0.2) is 26.8 Å². The number of nitrogens with one attached hydrogen (secondary N) is 1.